The van der Waals surface area contributed by atoms with Crippen LogP contribution in [-0.2, 0) is 18.4 Å². The van der Waals surface area contributed by atoms with E-state index in [2.05, 4.69) is 38.3 Å². The summed E-state index contributed by atoms with van der Waals surface area (Å²) in [5.74, 6) is 2.56. The number of hydrogen-bond acceptors (Lipinski definition) is 5. The molecule has 46 heavy (non-hydrogen) atoms. The minimum Gasteiger partial charge on any atom is -0.494 e. The lowest BCUT2D eigenvalue weighted by Gasteiger charge is -2.37. The van der Waals surface area contributed by atoms with Crippen LogP contribution in [0.1, 0.15) is 66.8 Å². The van der Waals surface area contributed by atoms with Crippen LogP contribution in [0.15, 0.2) is 36.4 Å². The molecule has 2 amide bonds. The van der Waals surface area contributed by atoms with E-state index in [4.69, 9.17) is 15.5 Å². The maximum absolute atomic E-state index is 14.3. The first kappa shape index (κ1) is 29.5. The predicted octanol–water partition coefficient (Wildman–Crippen LogP) is 5.24. The highest BCUT2D eigenvalue weighted by Gasteiger charge is 2.39. The number of para-hydroxylation sites is 1. The minimum atomic E-state index is -1.13. The summed E-state index contributed by atoms with van der Waals surface area (Å²) in [5.41, 5.74) is 11.5. The third-order valence-electron chi connectivity index (χ3n) is 10.8. The van der Waals surface area contributed by atoms with Crippen molar-refractivity contribution in [1.29, 1.82) is 0 Å². The number of amides is 2. The average Bonchev–Trinajstić information content (AvgIpc) is 3.38. The van der Waals surface area contributed by atoms with Crippen molar-refractivity contribution in [2.45, 2.75) is 69.6 Å². The Bertz CT molecular complexity index is 1820. The number of nitrogens with two attached hydrogens (primary N) is 1. The van der Waals surface area contributed by atoms with Crippen molar-refractivity contribution in [3.63, 3.8) is 0 Å². The summed E-state index contributed by atoms with van der Waals surface area (Å²) < 4.78 is 24.6. The molecular weight excluding hydrogens is 583 g/mol. The highest BCUT2D eigenvalue weighted by Crippen LogP contribution is 2.47. The molecule has 2 saturated heterocycles. The third kappa shape index (κ3) is 5.05. The lowest BCUT2D eigenvalue weighted by Crippen LogP contribution is -2.50. The summed E-state index contributed by atoms with van der Waals surface area (Å²) >= 11 is 0. The normalized spacial score (nSPS) is 25.0. The molecule has 4 heterocycles. The van der Waals surface area contributed by atoms with Crippen LogP contribution in [0.3, 0.4) is 0 Å². The number of aromatic nitrogens is 3. The number of fused-ring (bicyclic) bond motifs is 2. The maximum atomic E-state index is 14.3. The number of ether oxygens (including phenoxy) is 1. The van der Waals surface area contributed by atoms with Gasteiger partial charge in [-0.15, -0.1) is 0 Å². The molecule has 0 radical (unpaired) electrons. The topological polar surface area (TPSA) is 98.6 Å². The van der Waals surface area contributed by atoms with Gasteiger partial charge in [0, 0.05) is 56.1 Å². The van der Waals surface area contributed by atoms with Crippen molar-refractivity contribution in [3.8, 4) is 17.3 Å². The molecule has 10 heteroatoms. The number of carbonyl (C=O) groups excluding carboxylic acids is 2. The van der Waals surface area contributed by atoms with Crippen molar-refractivity contribution in [1.82, 2.24) is 23.9 Å². The van der Waals surface area contributed by atoms with Crippen molar-refractivity contribution in [2.24, 2.45) is 24.6 Å². The van der Waals surface area contributed by atoms with E-state index in [-0.39, 0.29) is 30.8 Å². The smallest absolute Gasteiger partial charge is 0.254 e. The molecule has 0 spiro atoms. The van der Waals surface area contributed by atoms with E-state index in [0.29, 0.717) is 41.1 Å². The molecule has 2 N–H and O–H groups in total. The van der Waals surface area contributed by atoms with E-state index >= 15 is 0 Å². The molecule has 0 unspecified atom stereocenters. The Balaban J connectivity index is 1.17. The fourth-order valence-electron chi connectivity index (χ4n) is 8.13. The number of likely N-dealkylation sites (tertiary alicyclic amines) is 2. The molecule has 2 aliphatic carbocycles. The SMILES string of the molecule is COc1cc(C(=O)N2C[C@H](N)C[C@@H](F)C2)cc2nc(-c3cc4cccc(C5CC(C(=O)N6CCCC6)C5)c4n3CC3CC3)n(C)c12. The zero-order valence-corrected chi connectivity index (χ0v) is 26.8. The van der Waals surface area contributed by atoms with Crippen LogP contribution < -0.4 is 10.5 Å². The number of hydrogen-bond donors (Lipinski definition) is 1. The highest BCUT2D eigenvalue weighted by atomic mass is 19.1. The summed E-state index contributed by atoms with van der Waals surface area (Å²) in [4.78, 5) is 35.3. The van der Waals surface area contributed by atoms with Gasteiger partial charge in [0.2, 0.25) is 5.91 Å². The first-order chi connectivity index (χ1) is 22.3. The van der Waals surface area contributed by atoms with E-state index < -0.39 is 6.17 Å². The molecule has 9 nitrogen and oxygen atoms in total. The van der Waals surface area contributed by atoms with E-state index in [1.807, 2.05) is 7.05 Å². The number of methoxy groups -OCH3 is 1. The molecule has 2 aliphatic heterocycles. The summed E-state index contributed by atoms with van der Waals surface area (Å²) in [6.45, 7) is 3.10. The molecule has 0 bridgehead atoms. The van der Waals surface area contributed by atoms with Gasteiger partial charge in [-0.05, 0) is 80.5 Å². The van der Waals surface area contributed by atoms with Gasteiger partial charge in [0.15, 0.2) is 5.82 Å². The predicted molar refractivity (Wildman–Crippen MR) is 176 cm³/mol. The summed E-state index contributed by atoms with van der Waals surface area (Å²) in [7, 11) is 3.59. The number of alkyl halides is 1. The second-order valence-corrected chi connectivity index (χ2v) is 14.1. The largest absolute Gasteiger partial charge is 0.494 e. The second-order valence-electron chi connectivity index (χ2n) is 14.1. The van der Waals surface area contributed by atoms with Crippen LogP contribution in [0.4, 0.5) is 4.39 Å². The quantitative estimate of drug-likeness (QED) is 0.303. The first-order valence-electron chi connectivity index (χ1n) is 16.9. The molecule has 4 aliphatic rings. The second kappa shape index (κ2) is 11.4. The average molecular weight is 627 g/mol. The minimum absolute atomic E-state index is 0.0398. The Kier molecular flexibility index (Phi) is 7.31. The Morgan fingerprint density at radius 2 is 1.80 bits per heavy atom. The number of imidazole rings is 1. The lowest BCUT2D eigenvalue weighted by atomic mass is 9.70. The van der Waals surface area contributed by atoms with Gasteiger partial charge in [-0.25, -0.2) is 9.37 Å². The number of aryl methyl sites for hydroxylation is 1. The van der Waals surface area contributed by atoms with Crippen LogP contribution in [0.2, 0.25) is 0 Å². The Labute approximate surface area is 268 Å². The Morgan fingerprint density at radius 3 is 2.52 bits per heavy atom. The van der Waals surface area contributed by atoms with Crippen LogP contribution in [0, 0.1) is 11.8 Å². The van der Waals surface area contributed by atoms with Gasteiger partial charge in [0.05, 0.1) is 30.4 Å². The van der Waals surface area contributed by atoms with Crippen LogP contribution in [-0.4, -0.2) is 81.2 Å². The van der Waals surface area contributed by atoms with Gasteiger partial charge in [-0.3, -0.25) is 9.59 Å². The highest BCUT2D eigenvalue weighted by molar-refractivity contribution is 6.00. The Hall–Kier alpha value is -3.92. The molecule has 2 saturated carbocycles. The standard InChI is InChI=1S/C36H43FN6O3/c1-40-33-29(14-25(16-31(33)46-2)36(45)42-19-26(37)17-27(38)20-42)39-34(40)30-15-22-6-5-7-28(32(22)43(30)18-21-8-9-21)23-12-24(13-23)35(44)41-10-3-4-11-41/h5-7,14-16,21,23-24,26-27H,3-4,8-13,17-20,38H2,1-2H3/t23?,24?,26-,27-/m1/s1. The van der Waals surface area contributed by atoms with E-state index in [0.717, 1.165) is 62.4 Å². The van der Waals surface area contributed by atoms with Crippen molar-refractivity contribution in [2.75, 3.05) is 33.3 Å². The number of halogens is 1. The van der Waals surface area contributed by atoms with E-state index in [1.165, 1.54) is 34.2 Å². The number of piperidine rings is 1. The summed E-state index contributed by atoms with van der Waals surface area (Å²) in [5, 5.41) is 1.18. The fourth-order valence-corrected chi connectivity index (χ4v) is 8.13. The molecule has 8 rings (SSSR count). The van der Waals surface area contributed by atoms with Crippen LogP contribution in [0.25, 0.3) is 33.5 Å². The zero-order chi connectivity index (χ0) is 31.7. The van der Waals surface area contributed by atoms with Crippen LogP contribution in [0.5, 0.6) is 5.75 Å². The molecule has 242 valence electrons. The molecule has 4 aromatic rings. The van der Waals surface area contributed by atoms with Gasteiger partial charge in [0.25, 0.3) is 5.91 Å². The number of nitrogens with zero attached hydrogens (tertiary/aromatic N) is 5. The molecule has 2 aromatic heterocycles. The number of rotatable bonds is 7. The summed E-state index contributed by atoms with van der Waals surface area (Å²) in [6, 6.07) is 12.0. The van der Waals surface area contributed by atoms with E-state index in [1.54, 1.807) is 19.2 Å². The van der Waals surface area contributed by atoms with E-state index in [9.17, 15) is 14.0 Å². The molecular formula is C36H43FN6O3. The Morgan fingerprint density at radius 1 is 1.02 bits per heavy atom. The molecule has 2 aromatic carbocycles. The van der Waals surface area contributed by atoms with Gasteiger partial charge in [-0.1, -0.05) is 18.2 Å². The monoisotopic (exact) mass is 626 g/mol. The van der Waals surface area contributed by atoms with Crippen LogP contribution >= 0.6 is 0 Å². The van der Waals surface area contributed by atoms with Crippen molar-refractivity contribution >= 4 is 33.8 Å². The van der Waals surface area contributed by atoms with Gasteiger partial charge < -0.3 is 29.4 Å². The fraction of sp³-hybridized carbons (Fsp3) is 0.528. The molecule has 2 atom stereocenters. The number of benzene rings is 2. The van der Waals surface area contributed by atoms with Gasteiger partial charge in [0.1, 0.15) is 17.4 Å². The van der Waals surface area contributed by atoms with Crippen molar-refractivity contribution < 1.29 is 18.7 Å². The first-order valence-corrected chi connectivity index (χ1v) is 16.9. The number of carbonyl (C=O) groups is 2. The van der Waals surface area contributed by atoms with Crippen molar-refractivity contribution in [3.05, 3.63) is 47.5 Å². The molecule has 4 fully saturated rings. The maximum Gasteiger partial charge on any atom is 0.254 e. The third-order valence-corrected chi connectivity index (χ3v) is 10.8. The summed E-state index contributed by atoms with van der Waals surface area (Å²) in [6.07, 6.45) is 5.64. The lowest BCUT2D eigenvalue weighted by molar-refractivity contribution is -0.137. The zero-order valence-electron chi connectivity index (χ0n) is 26.8. The van der Waals surface area contributed by atoms with Gasteiger partial charge in [-0.2, -0.15) is 0 Å². The van der Waals surface area contributed by atoms with Gasteiger partial charge >= 0.3 is 0 Å².